The number of nitrogens with zero attached hydrogens (tertiary/aromatic N) is 1. The normalized spacial score (nSPS) is 16.9. The number of hydrogen-bond acceptors (Lipinski definition) is 2. The second kappa shape index (κ2) is 5.52. The van der Waals surface area contributed by atoms with Gasteiger partial charge in [0.1, 0.15) is 5.82 Å². The maximum absolute atomic E-state index is 13.0. The summed E-state index contributed by atoms with van der Waals surface area (Å²) in [5.41, 5.74) is 0.0443. The van der Waals surface area contributed by atoms with Gasteiger partial charge in [-0.05, 0) is 50.3 Å². The Morgan fingerprint density at radius 1 is 1.40 bits per heavy atom. The molecule has 1 amide bonds. The van der Waals surface area contributed by atoms with Crippen molar-refractivity contribution in [3.8, 4) is 0 Å². The molecule has 1 atom stereocenters. The number of carbonyl (C=O) groups is 1. The molecule has 4 heteroatoms. The third-order valence-electron chi connectivity index (χ3n) is 4.07. The van der Waals surface area contributed by atoms with Crippen LogP contribution in [0.15, 0.2) is 24.3 Å². The SMILES string of the molecule is CN(CC(O)C1CC1)C(=O)C(C)(C)c1ccc(F)cc1. The maximum atomic E-state index is 13.0. The minimum absolute atomic E-state index is 0.0659. The predicted molar refractivity (Wildman–Crippen MR) is 75.8 cm³/mol. The van der Waals surface area contributed by atoms with Crippen LogP contribution >= 0.6 is 0 Å². The lowest BCUT2D eigenvalue weighted by Gasteiger charge is -2.31. The third kappa shape index (κ3) is 3.18. The lowest BCUT2D eigenvalue weighted by Crippen LogP contribution is -2.44. The summed E-state index contributed by atoms with van der Waals surface area (Å²) in [5.74, 6) is -0.0301. The molecule has 0 aromatic heterocycles. The van der Waals surface area contributed by atoms with Crippen LogP contribution in [0, 0.1) is 11.7 Å². The Morgan fingerprint density at radius 3 is 2.45 bits per heavy atom. The van der Waals surface area contributed by atoms with Gasteiger partial charge in [-0.3, -0.25) is 4.79 Å². The molecule has 110 valence electrons. The molecule has 1 N–H and O–H groups in total. The quantitative estimate of drug-likeness (QED) is 0.898. The molecule has 0 spiro atoms. The first-order valence-electron chi connectivity index (χ1n) is 7.02. The van der Waals surface area contributed by atoms with Crippen LogP contribution in [0.3, 0.4) is 0 Å². The van der Waals surface area contributed by atoms with Gasteiger partial charge in [0.25, 0.3) is 0 Å². The third-order valence-corrected chi connectivity index (χ3v) is 4.07. The van der Waals surface area contributed by atoms with Crippen molar-refractivity contribution in [1.29, 1.82) is 0 Å². The Hall–Kier alpha value is -1.42. The van der Waals surface area contributed by atoms with Gasteiger partial charge in [0, 0.05) is 13.6 Å². The number of carbonyl (C=O) groups excluding carboxylic acids is 1. The molecule has 1 aromatic carbocycles. The molecule has 0 bridgehead atoms. The van der Waals surface area contributed by atoms with Gasteiger partial charge in [0.15, 0.2) is 0 Å². The van der Waals surface area contributed by atoms with Gasteiger partial charge in [0.2, 0.25) is 5.91 Å². The van der Waals surface area contributed by atoms with E-state index in [0.717, 1.165) is 18.4 Å². The summed E-state index contributed by atoms with van der Waals surface area (Å²) in [4.78, 5) is 14.1. The molecule has 3 nitrogen and oxygen atoms in total. The van der Waals surface area contributed by atoms with Crippen molar-refractivity contribution in [3.05, 3.63) is 35.6 Å². The van der Waals surface area contributed by atoms with E-state index in [1.807, 2.05) is 13.8 Å². The molecule has 0 radical (unpaired) electrons. The Labute approximate surface area is 119 Å². The molecular weight excluding hydrogens is 257 g/mol. The summed E-state index contributed by atoms with van der Waals surface area (Å²) in [6.07, 6.45) is 1.66. The lowest BCUT2D eigenvalue weighted by atomic mass is 9.83. The Kier molecular flexibility index (Phi) is 4.14. The average molecular weight is 279 g/mol. The monoisotopic (exact) mass is 279 g/mol. The van der Waals surface area contributed by atoms with E-state index in [0.29, 0.717) is 12.5 Å². The molecule has 2 rings (SSSR count). The van der Waals surface area contributed by atoms with Gasteiger partial charge in [-0.2, -0.15) is 0 Å². The molecule has 1 unspecified atom stereocenters. The second-order valence-corrected chi connectivity index (χ2v) is 6.22. The highest BCUT2D eigenvalue weighted by Crippen LogP contribution is 2.33. The van der Waals surface area contributed by atoms with Crippen LogP contribution in [0.2, 0.25) is 0 Å². The van der Waals surface area contributed by atoms with Crippen LogP contribution in [-0.2, 0) is 10.2 Å². The molecule has 0 saturated heterocycles. The number of benzene rings is 1. The van der Waals surface area contributed by atoms with Crippen LogP contribution in [0.1, 0.15) is 32.3 Å². The predicted octanol–water partition coefficient (Wildman–Crippen LogP) is 2.33. The van der Waals surface area contributed by atoms with E-state index in [9.17, 15) is 14.3 Å². The first-order chi connectivity index (χ1) is 9.32. The van der Waals surface area contributed by atoms with Crippen molar-refractivity contribution in [2.75, 3.05) is 13.6 Å². The smallest absolute Gasteiger partial charge is 0.232 e. The fraction of sp³-hybridized carbons (Fsp3) is 0.562. The van der Waals surface area contributed by atoms with E-state index in [1.54, 1.807) is 24.1 Å². The van der Waals surface area contributed by atoms with E-state index in [-0.39, 0.29) is 11.7 Å². The fourth-order valence-electron chi connectivity index (χ4n) is 2.46. The van der Waals surface area contributed by atoms with Crippen LogP contribution in [0.25, 0.3) is 0 Å². The van der Waals surface area contributed by atoms with E-state index >= 15 is 0 Å². The topological polar surface area (TPSA) is 40.5 Å². The fourth-order valence-corrected chi connectivity index (χ4v) is 2.46. The zero-order valence-electron chi connectivity index (χ0n) is 12.3. The first-order valence-corrected chi connectivity index (χ1v) is 7.02. The van der Waals surface area contributed by atoms with Crippen molar-refractivity contribution in [1.82, 2.24) is 4.90 Å². The summed E-state index contributed by atoms with van der Waals surface area (Å²) in [5, 5.41) is 9.94. The van der Waals surface area contributed by atoms with Gasteiger partial charge in [-0.15, -0.1) is 0 Å². The Balaban J connectivity index is 2.06. The number of halogens is 1. The molecule has 1 aromatic rings. The standard InChI is InChI=1S/C16H22FNO2/c1-16(2,12-6-8-13(17)9-7-12)15(20)18(3)10-14(19)11-4-5-11/h6-9,11,14,19H,4-5,10H2,1-3H3. The summed E-state index contributed by atoms with van der Waals surface area (Å²) >= 11 is 0. The minimum Gasteiger partial charge on any atom is -0.391 e. The van der Waals surface area contributed by atoms with Crippen LogP contribution < -0.4 is 0 Å². The highest BCUT2D eigenvalue weighted by atomic mass is 19.1. The number of aliphatic hydroxyl groups excluding tert-OH is 1. The summed E-state index contributed by atoms with van der Waals surface area (Å²) in [7, 11) is 1.71. The Morgan fingerprint density at radius 2 is 1.95 bits per heavy atom. The lowest BCUT2D eigenvalue weighted by molar-refractivity contribution is -0.136. The first kappa shape index (κ1) is 15.0. The van der Waals surface area contributed by atoms with Crippen LogP contribution in [0.5, 0.6) is 0 Å². The largest absolute Gasteiger partial charge is 0.391 e. The molecule has 1 fully saturated rings. The van der Waals surface area contributed by atoms with E-state index in [1.165, 1.54) is 12.1 Å². The van der Waals surface area contributed by atoms with E-state index in [2.05, 4.69) is 0 Å². The maximum Gasteiger partial charge on any atom is 0.232 e. The van der Waals surface area contributed by atoms with Crippen molar-refractivity contribution in [2.45, 2.75) is 38.2 Å². The van der Waals surface area contributed by atoms with E-state index in [4.69, 9.17) is 0 Å². The van der Waals surface area contributed by atoms with Crippen LogP contribution in [0.4, 0.5) is 4.39 Å². The summed E-state index contributed by atoms with van der Waals surface area (Å²) in [6, 6.07) is 6.00. The van der Waals surface area contributed by atoms with Gasteiger partial charge in [0.05, 0.1) is 11.5 Å². The van der Waals surface area contributed by atoms with Crippen molar-refractivity contribution in [3.63, 3.8) is 0 Å². The molecule has 1 aliphatic rings. The minimum atomic E-state index is -0.730. The molecule has 1 saturated carbocycles. The molecule has 1 aliphatic carbocycles. The highest BCUT2D eigenvalue weighted by Gasteiger charge is 2.36. The second-order valence-electron chi connectivity index (χ2n) is 6.22. The summed E-state index contributed by atoms with van der Waals surface area (Å²) in [6.45, 7) is 4.00. The van der Waals surface area contributed by atoms with E-state index < -0.39 is 11.5 Å². The van der Waals surface area contributed by atoms with Gasteiger partial charge < -0.3 is 10.0 Å². The highest BCUT2D eigenvalue weighted by molar-refractivity contribution is 5.87. The zero-order chi connectivity index (χ0) is 14.9. The number of amides is 1. The molecular formula is C16H22FNO2. The van der Waals surface area contributed by atoms with Crippen LogP contribution in [-0.4, -0.2) is 35.6 Å². The Bertz CT molecular complexity index is 480. The van der Waals surface area contributed by atoms with Crippen molar-refractivity contribution >= 4 is 5.91 Å². The summed E-state index contributed by atoms with van der Waals surface area (Å²) < 4.78 is 13.0. The van der Waals surface area contributed by atoms with Gasteiger partial charge in [-0.1, -0.05) is 12.1 Å². The van der Waals surface area contributed by atoms with Gasteiger partial charge in [-0.25, -0.2) is 4.39 Å². The number of rotatable bonds is 5. The van der Waals surface area contributed by atoms with Crippen molar-refractivity contribution < 1.29 is 14.3 Å². The average Bonchev–Trinajstić information content (AvgIpc) is 3.22. The molecule has 0 heterocycles. The van der Waals surface area contributed by atoms with Crippen molar-refractivity contribution in [2.24, 2.45) is 5.92 Å². The molecule has 20 heavy (non-hydrogen) atoms. The number of hydrogen-bond donors (Lipinski definition) is 1. The number of aliphatic hydroxyl groups is 1. The zero-order valence-corrected chi connectivity index (χ0v) is 12.3. The molecule has 0 aliphatic heterocycles. The number of likely N-dealkylation sites (N-methyl/N-ethyl adjacent to an activating group) is 1. The van der Waals surface area contributed by atoms with Gasteiger partial charge >= 0.3 is 0 Å².